The smallest absolute Gasteiger partial charge is 0.341 e. The molecule has 0 unspecified atom stereocenters. The van der Waals surface area contributed by atoms with E-state index >= 15 is 0 Å². The minimum absolute atomic E-state index is 0.125. The first-order valence-corrected chi connectivity index (χ1v) is 7.43. The largest absolute Gasteiger partial charge is 0.463 e. The fraction of sp³-hybridized carbons (Fsp3) is 0.235. The average molecular weight is 356 g/mol. The highest BCUT2D eigenvalue weighted by molar-refractivity contribution is 6.10. The Kier molecular flexibility index (Phi) is 3.93. The van der Waals surface area contributed by atoms with Gasteiger partial charge in [0.05, 0.1) is 0 Å². The van der Waals surface area contributed by atoms with Gasteiger partial charge in [-0.15, -0.1) is 0 Å². The van der Waals surface area contributed by atoms with E-state index in [9.17, 15) is 26.7 Å². The molecule has 3 nitrogen and oxygen atoms in total. The number of aromatic nitrogens is 1. The van der Waals surface area contributed by atoms with Gasteiger partial charge in [0.2, 0.25) is 0 Å². The molecule has 3 aromatic rings. The van der Waals surface area contributed by atoms with E-state index in [1.807, 2.05) is 29.7 Å². The predicted molar refractivity (Wildman–Crippen MR) is 84.7 cm³/mol. The minimum Gasteiger partial charge on any atom is -0.341 e. The summed E-state index contributed by atoms with van der Waals surface area (Å²) in [6.45, 7) is 2.59. The van der Waals surface area contributed by atoms with Crippen LogP contribution >= 0.6 is 0 Å². The number of anilines is 1. The number of hydrogen-bond acceptors (Lipinski definition) is 1. The van der Waals surface area contributed by atoms with E-state index in [2.05, 4.69) is 0 Å². The molecule has 0 spiro atoms. The number of para-hydroxylation sites is 1. The summed E-state index contributed by atoms with van der Waals surface area (Å²) in [5.74, 6) is -7.86. The maximum Gasteiger partial charge on any atom is 0.463 e. The molecule has 0 atom stereocenters. The van der Waals surface area contributed by atoms with E-state index in [1.54, 1.807) is 17.4 Å². The van der Waals surface area contributed by atoms with Crippen molar-refractivity contribution in [3.05, 3.63) is 42.5 Å². The number of halogens is 5. The molecule has 25 heavy (non-hydrogen) atoms. The van der Waals surface area contributed by atoms with Crippen LogP contribution in [0.15, 0.2) is 42.5 Å². The predicted octanol–water partition coefficient (Wildman–Crippen LogP) is 4.95. The van der Waals surface area contributed by atoms with Crippen molar-refractivity contribution in [1.82, 2.24) is 4.57 Å². The number of benzene rings is 2. The molecule has 1 amide bonds. The summed E-state index contributed by atoms with van der Waals surface area (Å²) < 4.78 is 65.0. The van der Waals surface area contributed by atoms with Crippen molar-refractivity contribution in [2.45, 2.75) is 25.6 Å². The quantitative estimate of drug-likeness (QED) is 0.662. The van der Waals surface area contributed by atoms with Crippen molar-refractivity contribution in [3.8, 4) is 0 Å². The zero-order valence-electron chi connectivity index (χ0n) is 13.0. The number of carbonyl (C=O) groups is 1. The lowest BCUT2D eigenvalue weighted by molar-refractivity contribution is -0.267. The van der Waals surface area contributed by atoms with Crippen LogP contribution in [0.4, 0.5) is 27.6 Å². The second-order valence-corrected chi connectivity index (χ2v) is 5.52. The molecular formula is C17H13F5N2O. The van der Waals surface area contributed by atoms with Gasteiger partial charge >= 0.3 is 18.0 Å². The number of amides is 1. The number of alkyl halides is 5. The van der Waals surface area contributed by atoms with E-state index in [-0.39, 0.29) is 5.69 Å². The fourth-order valence-electron chi connectivity index (χ4n) is 2.81. The van der Waals surface area contributed by atoms with E-state index in [0.717, 1.165) is 16.4 Å². The molecule has 2 aromatic carbocycles. The molecule has 0 aliphatic heterocycles. The van der Waals surface area contributed by atoms with Crippen LogP contribution in [0.2, 0.25) is 0 Å². The van der Waals surface area contributed by atoms with Gasteiger partial charge in [-0.05, 0) is 31.2 Å². The summed E-state index contributed by atoms with van der Waals surface area (Å²) in [5.41, 5.74) is 1.58. The summed E-state index contributed by atoms with van der Waals surface area (Å²) >= 11 is 0. The standard InChI is InChI=1S/C17H13F5N2O/c1-2-24-13-6-4-3-5-11(13)12-9-10(7-8-14(12)24)23-15(25)16(18,19)17(20,21)22/h3-9H,2H2,1H3,(H,23,25). The van der Waals surface area contributed by atoms with Crippen LogP contribution in [0.3, 0.4) is 0 Å². The van der Waals surface area contributed by atoms with Crippen LogP contribution in [0, 0.1) is 0 Å². The monoisotopic (exact) mass is 356 g/mol. The van der Waals surface area contributed by atoms with Crippen molar-refractivity contribution in [1.29, 1.82) is 0 Å². The van der Waals surface area contributed by atoms with E-state index in [4.69, 9.17) is 0 Å². The molecule has 0 fully saturated rings. The van der Waals surface area contributed by atoms with Gasteiger partial charge in [0.15, 0.2) is 0 Å². The highest BCUT2D eigenvalue weighted by Gasteiger charge is 2.63. The molecule has 0 saturated carbocycles. The van der Waals surface area contributed by atoms with Gasteiger partial charge in [0.25, 0.3) is 0 Å². The van der Waals surface area contributed by atoms with Crippen LogP contribution in [-0.4, -0.2) is 22.6 Å². The zero-order chi connectivity index (χ0) is 18.4. The van der Waals surface area contributed by atoms with E-state index in [1.165, 1.54) is 12.1 Å². The molecule has 8 heteroatoms. The Morgan fingerprint density at radius 2 is 1.64 bits per heavy atom. The third-order valence-corrected chi connectivity index (χ3v) is 3.99. The van der Waals surface area contributed by atoms with Crippen molar-refractivity contribution < 1.29 is 26.7 Å². The Morgan fingerprint density at radius 1 is 1.00 bits per heavy atom. The molecule has 1 N–H and O–H groups in total. The number of hydrogen-bond donors (Lipinski definition) is 1. The Bertz CT molecular complexity index is 959. The lowest BCUT2D eigenvalue weighted by atomic mass is 10.1. The second-order valence-electron chi connectivity index (χ2n) is 5.52. The summed E-state index contributed by atoms with van der Waals surface area (Å²) in [4.78, 5) is 11.4. The first-order chi connectivity index (χ1) is 11.7. The summed E-state index contributed by atoms with van der Waals surface area (Å²) in [7, 11) is 0. The number of aryl methyl sites for hydroxylation is 1. The number of rotatable bonds is 3. The number of nitrogens with one attached hydrogen (secondary N) is 1. The third-order valence-electron chi connectivity index (χ3n) is 3.99. The molecule has 1 heterocycles. The highest BCUT2D eigenvalue weighted by Crippen LogP contribution is 2.37. The van der Waals surface area contributed by atoms with Crippen molar-refractivity contribution in [2.75, 3.05) is 5.32 Å². The first-order valence-electron chi connectivity index (χ1n) is 7.43. The Balaban J connectivity index is 2.05. The normalized spacial score (nSPS) is 12.7. The molecule has 132 valence electrons. The van der Waals surface area contributed by atoms with Gasteiger partial charge in [-0.1, -0.05) is 18.2 Å². The Hall–Kier alpha value is -2.64. The van der Waals surface area contributed by atoms with Crippen molar-refractivity contribution in [2.24, 2.45) is 0 Å². The Labute approximate surface area is 139 Å². The van der Waals surface area contributed by atoms with E-state index in [0.29, 0.717) is 11.9 Å². The zero-order valence-corrected chi connectivity index (χ0v) is 13.0. The van der Waals surface area contributed by atoms with Crippen LogP contribution in [0.5, 0.6) is 0 Å². The Morgan fingerprint density at radius 3 is 2.28 bits per heavy atom. The molecule has 0 radical (unpaired) electrons. The number of carbonyl (C=O) groups excluding carboxylic acids is 1. The second kappa shape index (κ2) is 5.72. The van der Waals surface area contributed by atoms with Crippen molar-refractivity contribution >= 4 is 33.4 Å². The minimum atomic E-state index is -5.95. The fourth-order valence-corrected chi connectivity index (χ4v) is 2.81. The van der Waals surface area contributed by atoms with Gasteiger partial charge in [-0.2, -0.15) is 22.0 Å². The molecule has 0 aliphatic rings. The maximum absolute atomic E-state index is 13.1. The molecule has 0 saturated heterocycles. The van der Waals surface area contributed by atoms with Gasteiger partial charge in [0.1, 0.15) is 0 Å². The molecule has 3 rings (SSSR count). The molecule has 0 bridgehead atoms. The van der Waals surface area contributed by atoms with Crippen molar-refractivity contribution in [3.63, 3.8) is 0 Å². The lowest BCUT2D eigenvalue weighted by Crippen LogP contribution is -2.47. The summed E-state index contributed by atoms with van der Waals surface area (Å²) in [6, 6.07) is 11.6. The van der Waals surface area contributed by atoms with Crippen LogP contribution in [0.25, 0.3) is 21.8 Å². The van der Waals surface area contributed by atoms with E-state index < -0.39 is 18.0 Å². The third kappa shape index (κ3) is 2.71. The lowest BCUT2D eigenvalue weighted by Gasteiger charge is -2.18. The summed E-state index contributed by atoms with van der Waals surface area (Å²) in [5, 5.41) is 3.13. The highest BCUT2D eigenvalue weighted by atomic mass is 19.4. The van der Waals surface area contributed by atoms with Crippen LogP contribution < -0.4 is 5.32 Å². The van der Waals surface area contributed by atoms with Gasteiger partial charge < -0.3 is 9.88 Å². The van der Waals surface area contributed by atoms with Gasteiger partial charge in [-0.3, -0.25) is 4.79 Å². The van der Waals surface area contributed by atoms with Crippen LogP contribution in [-0.2, 0) is 11.3 Å². The molecule has 0 aliphatic carbocycles. The maximum atomic E-state index is 13.1. The number of fused-ring (bicyclic) bond motifs is 3. The van der Waals surface area contributed by atoms with Gasteiger partial charge in [0, 0.05) is 34.0 Å². The topological polar surface area (TPSA) is 34.0 Å². The number of nitrogens with zero attached hydrogens (tertiary/aromatic N) is 1. The molecule has 1 aromatic heterocycles. The SMILES string of the molecule is CCn1c2ccccc2c2cc(NC(=O)C(F)(F)C(F)(F)F)ccc21. The van der Waals surface area contributed by atoms with Crippen LogP contribution in [0.1, 0.15) is 6.92 Å². The average Bonchev–Trinajstić information content (AvgIpc) is 2.87. The molecular weight excluding hydrogens is 343 g/mol. The summed E-state index contributed by atoms with van der Waals surface area (Å²) in [6.07, 6.45) is -5.95. The first kappa shape index (κ1) is 17.2. The van der Waals surface area contributed by atoms with Gasteiger partial charge in [-0.25, -0.2) is 0 Å².